The summed E-state index contributed by atoms with van der Waals surface area (Å²) in [7, 11) is 0. The molecular formula is C9H9Br2NO2S. The van der Waals surface area contributed by atoms with Gasteiger partial charge in [0.25, 0.3) is 0 Å². The van der Waals surface area contributed by atoms with Crippen molar-refractivity contribution in [2.45, 2.75) is 10.9 Å². The Morgan fingerprint density at radius 3 is 2.73 bits per heavy atom. The number of thioether (sulfide) groups is 1. The first kappa shape index (κ1) is 13.0. The van der Waals surface area contributed by atoms with Gasteiger partial charge in [0.2, 0.25) is 0 Å². The van der Waals surface area contributed by atoms with Gasteiger partial charge in [0, 0.05) is 19.6 Å². The van der Waals surface area contributed by atoms with E-state index in [2.05, 4.69) is 31.9 Å². The number of benzene rings is 1. The Kier molecular flexibility index (Phi) is 5.11. The molecule has 0 aliphatic rings. The highest BCUT2D eigenvalue weighted by Crippen LogP contribution is 2.30. The number of carboxylic acid groups (broad SMARTS) is 1. The standard InChI is InChI=1S/C9H9Br2NO2S/c10-5-1-2-8(6(11)3-5)15-4-7(12)9(13)14/h1-3,7H,4,12H2,(H,13,14)/t7-/m0/s1. The van der Waals surface area contributed by atoms with Gasteiger partial charge in [-0.15, -0.1) is 11.8 Å². The molecule has 0 heterocycles. The summed E-state index contributed by atoms with van der Waals surface area (Å²) in [5, 5.41) is 8.62. The van der Waals surface area contributed by atoms with E-state index in [1.165, 1.54) is 11.8 Å². The van der Waals surface area contributed by atoms with E-state index in [1.807, 2.05) is 18.2 Å². The highest BCUT2D eigenvalue weighted by Gasteiger charge is 2.12. The van der Waals surface area contributed by atoms with Crippen LogP contribution in [0.4, 0.5) is 0 Å². The van der Waals surface area contributed by atoms with Gasteiger partial charge in [0.1, 0.15) is 6.04 Å². The van der Waals surface area contributed by atoms with Crippen LogP contribution >= 0.6 is 43.6 Å². The van der Waals surface area contributed by atoms with Crippen molar-refractivity contribution in [1.29, 1.82) is 0 Å². The summed E-state index contributed by atoms with van der Waals surface area (Å²) < 4.78 is 1.90. The molecule has 82 valence electrons. The first-order valence-corrected chi connectivity index (χ1v) is 6.64. The summed E-state index contributed by atoms with van der Waals surface area (Å²) in [6.45, 7) is 0. The molecule has 0 saturated carbocycles. The summed E-state index contributed by atoms with van der Waals surface area (Å²) in [4.78, 5) is 11.5. The predicted molar refractivity (Wildman–Crippen MR) is 68.2 cm³/mol. The lowest BCUT2D eigenvalue weighted by Gasteiger charge is -2.07. The van der Waals surface area contributed by atoms with Crippen molar-refractivity contribution in [3.63, 3.8) is 0 Å². The van der Waals surface area contributed by atoms with Crippen LogP contribution in [-0.4, -0.2) is 22.9 Å². The minimum absolute atomic E-state index is 0.357. The molecule has 0 saturated heterocycles. The van der Waals surface area contributed by atoms with Gasteiger partial charge in [0.05, 0.1) is 0 Å². The molecule has 0 unspecified atom stereocenters. The monoisotopic (exact) mass is 353 g/mol. The largest absolute Gasteiger partial charge is 0.480 e. The maximum atomic E-state index is 10.5. The zero-order chi connectivity index (χ0) is 11.4. The Balaban J connectivity index is 2.62. The van der Waals surface area contributed by atoms with Gasteiger partial charge >= 0.3 is 5.97 Å². The summed E-state index contributed by atoms with van der Waals surface area (Å²) in [6.07, 6.45) is 0. The first-order chi connectivity index (χ1) is 7.00. The average molecular weight is 355 g/mol. The van der Waals surface area contributed by atoms with Gasteiger partial charge in [-0.3, -0.25) is 4.79 Å². The van der Waals surface area contributed by atoms with E-state index >= 15 is 0 Å². The maximum absolute atomic E-state index is 10.5. The number of halogens is 2. The summed E-state index contributed by atoms with van der Waals surface area (Å²) in [6, 6.07) is 4.90. The summed E-state index contributed by atoms with van der Waals surface area (Å²) >= 11 is 8.16. The molecule has 1 atom stereocenters. The number of carboxylic acids is 1. The fourth-order valence-corrected chi connectivity index (χ4v) is 3.10. The number of hydrogen-bond acceptors (Lipinski definition) is 3. The third kappa shape index (κ3) is 4.14. The second-order valence-electron chi connectivity index (χ2n) is 2.83. The fourth-order valence-electron chi connectivity index (χ4n) is 0.843. The molecule has 0 aromatic heterocycles. The number of aliphatic carboxylic acids is 1. The highest BCUT2D eigenvalue weighted by atomic mass is 79.9. The van der Waals surface area contributed by atoms with Crippen LogP contribution in [0.3, 0.4) is 0 Å². The molecule has 1 aromatic carbocycles. The Labute approximate surface area is 109 Å². The molecule has 0 aliphatic heterocycles. The third-order valence-corrected chi connectivity index (χ3v) is 4.23. The molecule has 0 bridgehead atoms. The van der Waals surface area contributed by atoms with Gasteiger partial charge in [-0.2, -0.15) is 0 Å². The number of carbonyl (C=O) groups is 1. The number of nitrogens with two attached hydrogens (primary N) is 1. The van der Waals surface area contributed by atoms with Crippen LogP contribution in [-0.2, 0) is 4.79 Å². The summed E-state index contributed by atoms with van der Waals surface area (Å²) in [5.41, 5.74) is 5.40. The maximum Gasteiger partial charge on any atom is 0.321 e. The lowest BCUT2D eigenvalue weighted by Crippen LogP contribution is -2.32. The number of rotatable bonds is 4. The molecule has 3 N–H and O–H groups in total. The molecule has 0 fully saturated rings. The van der Waals surface area contributed by atoms with Crippen molar-refractivity contribution >= 4 is 49.6 Å². The van der Waals surface area contributed by atoms with E-state index in [0.717, 1.165) is 13.8 Å². The second-order valence-corrected chi connectivity index (χ2v) is 5.66. The Morgan fingerprint density at radius 2 is 2.20 bits per heavy atom. The minimum atomic E-state index is -0.976. The lowest BCUT2D eigenvalue weighted by molar-refractivity contribution is -0.137. The minimum Gasteiger partial charge on any atom is -0.480 e. The molecule has 0 spiro atoms. The van der Waals surface area contributed by atoms with Gasteiger partial charge in [-0.05, 0) is 34.1 Å². The van der Waals surface area contributed by atoms with Crippen LogP contribution in [0.5, 0.6) is 0 Å². The molecular weight excluding hydrogens is 346 g/mol. The molecule has 15 heavy (non-hydrogen) atoms. The smallest absolute Gasteiger partial charge is 0.321 e. The fraction of sp³-hybridized carbons (Fsp3) is 0.222. The van der Waals surface area contributed by atoms with Crippen molar-refractivity contribution in [2.24, 2.45) is 5.73 Å². The first-order valence-electron chi connectivity index (χ1n) is 4.07. The van der Waals surface area contributed by atoms with Crippen LogP contribution in [0.1, 0.15) is 0 Å². The summed E-state index contributed by atoms with van der Waals surface area (Å²) in [5.74, 6) is -0.619. The molecule has 1 aromatic rings. The van der Waals surface area contributed by atoms with Crippen LogP contribution in [0.2, 0.25) is 0 Å². The van der Waals surface area contributed by atoms with Crippen molar-refractivity contribution in [3.8, 4) is 0 Å². The van der Waals surface area contributed by atoms with E-state index < -0.39 is 12.0 Å². The number of hydrogen-bond donors (Lipinski definition) is 2. The van der Waals surface area contributed by atoms with E-state index in [1.54, 1.807) is 0 Å². The van der Waals surface area contributed by atoms with Crippen molar-refractivity contribution in [2.75, 3.05) is 5.75 Å². The Morgan fingerprint density at radius 1 is 1.53 bits per heavy atom. The second kappa shape index (κ2) is 5.89. The zero-order valence-electron chi connectivity index (χ0n) is 7.61. The SMILES string of the molecule is N[C@@H](CSc1ccc(Br)cc1Br)C(=O)O. The van der Waals surface area contributed by atoms with Gasteiger partial charge in [-0.1, -0.05) is 15.9 Å². The van der Waals surface area contributed by atoms with E-state index in [-0.39, 0.29) is 0 Å². The topological polar surface area (TPSA) is 63.3 Å². The van der Waals surface area contributed by atoms with E-state index in [0.29, 0.717) is 5.75 Å². The predicted octanol–water partition coefficient (Wildman–Crippen LogP) is 2.72. The van der Waals surface area contributed by atoms with Gasteiger partial charge in [-0.25, -0.2) is 0 Å². The third-order valence-electron chi connectivity index (χ3n) is 1.63. The van der Waals surface area contributed by atoms with Gasteiger partial charge < -0.3 is 10.8 Å². The van der Waals surface area contributed by atoms with Crippen LogP contribution in [0, 0.1) is 0 Å². The normalized spacial score (nSPS) is 12.5. The molecule has 0 radical (unpaired) electrons. The van der Waals surface area contributed by atoms with Crippen LogP contribution in [0.25, 0.3) is 0 Å². The average Bonchev–Trinajstić information content (AvgIpc) is 2.15. The Hall–Kier alpha value is -0.0400. The van der Waals surface area contributed by atoms with Crippen molar-refractivity contribution in [3.05, 3.63) is 27.1 Å². The molecule has 6 heteroatoms. The molecule has 1 rings (SSSR count). The Bertz CT molecular complexity index is 373. The lowest BCUT2D eigenvalue weighted by atomic mass is 10.4. The van der Waals surface area contributed by atoms with Crippen molar-refractivity contribution < 1.29 is 9.90 Å². The molecule has 3 nitrogen and oxygen atoms in total. The highest BCUT2D eigenvalue weighted by molar-refractivity contribution is 9.11. The zero-order valence-corrected chi connectivity index (χ0v) is 11.6. The quantitative estimate of drug-likeness (QED) is 0.816. The van der Waals surface area contributed by atoms with E-state index in [9.17, 15) is 4.79 Å². The van der Waals surface area contributed by atoms with Crippen LogP contribution in [0.15, 0.2) is 32.0 Å². The van der Waals surface area contributed by atoms with Crippen molar-refractivity contribution in [1.82, 2.24) is 0 Å². The molecule has 0 aliphatic carbocycles. The molecule has 0 amide bonds. The van der Waals surface area contributed by atoms with E-state index in [4.69, 9.17) is 10.8 Å². The van der Waals surface area contributed by atoms with Crippen LogP contribution < -0.4 is 5.73 Å². The van der Waals surface area contributed by atoms with Gasteiger partial charge in [0.15, 0.2) is 0 Å².